The number of hydrogen-bond donors (Lipinski definition) is 5. The van der Waals surface area contributed by atoms with Crippen molar-refractivity contribution in [2.24, 2.45) is 0 Å². The Kier molecular flexibility index (Phi) is 4.42. The van der Waals surface area contributed by atoms with Crippen LogP contribution < -0.4 is 10.8 Å². The summed E-state index contributed by atoms with van der Waals surface area (Å²) >= 11 is 0. The van der Waals surface area contributed by atoms with Crippen LogP contribution in [0.3, 0.4) is 0 Å². The molecule has 0 spiro atoms. The van der Waals surface area contributed by atoms with Gasteiger partial charge in [0.1, 0.15) is 24.1 Å². The van der Waals surface area contributed by atoms with E-state index in [1.807, 2.05) is 0 Å². The molecular formula is C10H14N5O5-. The van der Waals surface area contributed by atoms with E-state index < -0.39 is 31.2 Å². The number of aliphatic hydroxyl groups is 3. The molecule has 1 fully saturated rings. The van der Waals surface area contributed by atoms with Crippen LogP contribution in [0.5, 0.6) is 0 Å². The molecule has 3 rings (SSSR count). The van der Waals surface area contributed by atoms with Crippen molar-refractivity contribution in [1.29, 1.82) is 0 Å². The molecule has 0 aliphatic carbocycles. The largest absolute Gasteiger partial charge is 0.829 e. The van der Waals surface area contributed by atoms with Crippen LogP contribution in [0.25, 0.3) is 11.2 Å². The topological polar surface area (TPSA) is 173 Å². The molecule has 0 amide bonds. The standard InChI is InChI=1S/C5H5N5.C5H9O5/c6-4-3-5(9-1-7-3)10-2-8-4;6-1-2-3(7)4(8)5(9)10-2/h1-2H,(H3,6,7,8,9,10);2-8H,1H2/q;-1/t;2-,3-,4+,5-/m.1/s1. The number of nitrogen functional groups attached to an aromatic ring is 1. The van der Waals surface area contributed by atoms with Crippen LogP contribution in [0.2, 0.25) is 0 Å². The molecule has 0 unspecified atom stereocenters. The van der Waals surface area contributed by atoms with E-state index in [2.05, 4.69) is 24.7 Å². The number of hydrogen-bond acceptors (Lipinski definition) is 9. The summed E-state index contributed by atoms with van der Waals surface area (Å²) in [6, 6.07) is 0. The molecule has 0 bridgehead atoms. The summed E-state index contributed by atoms with van der Waals surface area (Å²) in [7, 11) is 0. The van der Waals surface area contributed by atoms with Crippen LogP contribution in [-0.4, -0.2) is 66.5 Å². The number of anilines is 1. The molecule has 1 aliphatic heterocycles. The number of nitrogens with two attached hydrogens (primary N) is 1. The molecule has 0 saturated carbocycles. The van der Waals surface area contributed by atoms with Crippen molar-refractivity contribution >= 4 is 17.0 Å². The lowest BCUT2D eigenvalue weighted by Crippen LogP contribution is -2.39. The van der Waals surface area contributed by atoms with Gasteiger partial charge in [0, 0.05) is 6.29 Å². The highest BCUT2D eigenvalue weighted by atomic mass is 16.6. The van der Waals surface area contributed by atoms with Gasteiger partial charge in [-0.2, -0.15) is 0 Å². The first-order valence-corrected chi connectivity index (χ1v) is 5.72. The number of aromatic nitrogens is 4. The van der Waals surface area contributed by atoms with Crippen molar-refractivity contribution in [3.8, 4) is 0 Å². The molecule has 4 atom stereocenters. The summed E-state index contributed by atoms with van der Waals surface area (Å²) in [5.41, 5.74) is 6.78. The Bertz CT molecular complexity index is 564. The SMILES string of the molecule is Nc1ncnc2nc[nH]c12.[O-][C@@H]1O[C@H](CO)[C@@H](O)[C@@H]1O. The summed E-state index contributed by atoms with van der Waals surface area (Å²) in [4.78, 5) is 14.4. The molecule has 0 aromatic carbocycles. The average molecular weight is 284 g/mol. The number of rotatable bonds is 1. The van der Waals surface area contributed by atoms with E-state index in [0.29, 0.717) is 17.0 Å². The van der Waals surface area contributed by atoms with E-state index in [1.165, 1.54) is 12.7 Å². The number of H-pyrrole nitrogens is 1. The van der Waals surface area contributed by atoms with Gasteiger partial charge in [0.25, 0.3) is 0 Å². The second-order valence-electron chi connectivity index (χ2n) is 4.07. The number of aromatic amines is 1. The highest BCUT2D eigenvalue weighted by molar-refractivity contribution is 5.80. The van der Waals surface area contributed by atoms with Crippen LogP contribution in [0.1, 0.15) is 0 Å². The summed E-state index contributed by atoms with van der Waals surface area (Å²) in [6.45, 7) is -0.447. The van der Waals surface area contributed by atoms with Crippen molar-refractivity contribution in [3.63, 3.8) is 0 Å². The molecule has 20 heavy (non-hydrogen) atoms. The van der Waals surface area contributed by atoms with Gasteiger partial charge >= 0.3 is 0 Å². The molecule has 0 radical (unpaired) electrons. The van der Waals surface area contributed by atoms with Gasteiger partial charge in [-0.05, 0) is 0 Å². The number of aliphatic hydroxyl groups excluding tert-OH is 3. The minimum Gasteiger partial charge on any atom is -0.829 e. The number of nitrogens with one attached hydrogen (secondary N) is 1. The van der Waals surface area contributed by atoms with Gasteiger partial charge in [0.2, 0.25) is 0 Å². The van der Waals surface area contributed by atoms with E-state index in [0.717, 1.165) is 0 Å². The van der Waals surface area contributed by atoms with Crippen molar-refractivity contribution in [1.82, 2.24) is 19.9 Å². The molecule has 2 aromatic rings. The molecule has 3 heterocycles. The first-order chi connectivity index (χ1) is 9.54. The minimum atomic E-state index is -1.63. The van der Waals surface area contributed by atoms with Crippen molar-refractivity contribution in [2.75, 3.05) is 12.3 Å². The van der Waals surface area contributed by atoms with Gasteiger partial charge in [-0.15, -0.1) is 0 Å². The predicted molar refractivity (Wildman–Crippen MR) is 63.9 cm³/mol. The Morgan fingerprint density at radius 2 is 2.05 bits per heavy atom. The first kappa shape index (κ1) is 14.6. The monoisotopic (exact) mass is 284 g/mol. The highest BCUT2D eigenvalue weighted by Crippen LogP contribution is 2.16. The lowest BCUT2D eigenvalue weighted by atomic mass is 10.1. The van der Waals surface area contributed by atoms with Crippen molar-refractivity contribution in [3.05, 3.63) is 12.7 Å². The maximum absolute atomic E-state index is 10.5. The van der Waals surface area contributed by atoms with Crippen LogP contribution in [0.15, 0.2) is 12.7 Å². The Morgan fingerprint density at radius 3 is 2.55 bits per heavy atom. The Labute approximate surface area is 112 Å². The van der Waals surface area contributed by atoms with E-state index in [9.17, 15) is 5.11 Å². The van der Waals surface area contributed by atoms with Gasteiger partial charge < -0.3 is 35.9 Å². The van der Waals surface area contributed by atoms with Gasteiger partial charge in [-0.1, -0.05) is 0 Å². The Balaban J connectivity index is 0.000000147. The quantitative estimate of drug-likeness (QED) is 0.359. The van der Waals surface area contributed by atoms with Gasteiger partial charge in [0.15, 0.2) is 11.5 Å². The summed E-state index contributed by atoms with van der Waals surface area (Å²) in [5.74, 6) is 0.433. The second-order valence-corrected chi connectivity index (χ2v) is 4.07. The zero-order valence-corrected chi connectivity index (χ0v) is 10.2. The Morgan fingerprint density at radius 1 is 1.30 bits per heavy atom. The fourth-order valence-electron chi connectivity index (χ4n) is 1.65. The lowest BCUT2D eigenvalue weighted by Gasteiger charge is -2.18. The lowest BCUT2D eigenvalue weighted by molar-refractivity contribution is -0.498. The first-order valence-electron chi connectivity index (χ1n) is 5.72. The van der Waals surface area contributed by atoms with Crippen molar-refractivity contribution < 1.29 is 25.2 Å². The number of imidazole rings is 1. The van der Waals surface area contributed by atoms with Gasteiger partial charge in [0.05, 0.1) is 19.0 Å². The van der Waals surface area contributed by atoms with Crippen LogP contribution in [0.4, 0.5) is 5.82 Å². The van der Waals surface area contributed by atoms with E-state index >= 15 is 0 Å². The fourth-order valence-corrected chi connectivity index (χ4v) is 1.65. The van der Waals surface area contributed by atoms with Crippen LogP contribution in [-0.2, 0) is 4.74 Å². The van der Waals surface area contributed by atoms with E-state index in [4.69, 9.17) is 21.1 Å². The third-order valence-electron chi connectivity index (χ3n) is 2.75. The van der Waals surface area contributed by atoms with Crippen molar-refractivity contribution in [2.45, 2.75) is 24.6 Å². The second kappa shape index (κ2) is 6.07. The minimum absolute atomic E-state index is 0.433. The number of fused-ring (bicyclic) bond motifs is 1. The van der Waals surface area contributed by atoms with E-state index in [1.54, 1.807) is 0 Å². The smallest absolute Gasteiger partial charge is 0.182 e. The van der Waals surface area contributed by atoms with Crippen LogP contribution >= 0.6 is 0 Å². The fraction of sp³-hybridized carbons (Fsp3) is 0.500. The maximum Gasteiger partial charge on any atom is 0.182 e. The average Bonchev–Trinajstić information content (AvgIpc) is 3.01. The summed E-state index contributed by atoms with van der Waals surface area (Å²) in [6.07, 6.45) is -2.32. The van der Waals surface area contributed by atoms with Gasteiger partial charge in [-0.3, -0.25) is 0 Å². The normalized spacial score (nSPS) is 29.2. The zero-order chi connectivity index (χ0) is 14.7. The molecule has 6 N–H and O–H groups in total. The Hall–Kier alpha value is -1.85. The third-order valence-corrected chi connectivity index (χ3v) is 2.75. The van der Waals surface area contributed by atoms with Crippen LogP contribution in [0, 0.1) is 0 Å². The third kappa shape index (κ3) is 2.84. The molecule has 2 aromatic heterocycles. The highest BCUT2D eigenvalue weighted by Gasteiger charge is 2.36. The molecular weight excluding hydrogens is 270 g/mol. The predicted octanol–water partition coefficient (Wildman–Crippen LogP) is -3.28. The summed E-state index contributed by atoms with van der Waals surface area (Å²) in [5, 5.41) is 36.6. The molecule has 110 valence electrons. The molecule has 1 saturated heterocycles. The summed E-state index contributed by atoms with van der Waals surface area (Å²) < 4.78 is 4.43. The number of nitrogens with zero attached hydrogens (tertiary/aromatic N) is 3. The number of ether oxygens (including phenoxy) is 1. The molecule has 1 aliphatic rings. The zero-order valence-electron chi connectivity index (χ0n) is 10.2. The molecule has 10 nitrogen and oxygen atoms in total. The van der Waals surface area contributed by atoms with Gasteiger partial charge in [-0.25, -0.2) is 15.0 Å². The van der Waals surface area contributed by atoms with E-state index in [-0.39, 0.29) is 0 Å². The maximum atomic E-state index is 10.5. The molecule has 10 heteroatoms.